The molecule has 2 heterocycles. The Balaban J connectivity index is 1.51. The molecule has 0 bridgehead atoms. The summed E-state index contributed by atoms with van der Waals surface area (Å²) in [6.07, 6.45) is 4.66. The first-order valence-electron chi connectivity index (χ1n) is 8.44. The van der Waals surface area contributed by atoms with Gasteiger partial charge in [-0.15, -0.1) is 0 Å². The molecule has 148 valence electrons. The number of nitrogens with one attached hydrogen (secondary N) is 2. The predicted molar refractivity (Wildman–Crippen MR) is 116 cm³/mol. The minimum absolute atomic E-state index is 0.0166. The Bertz CT molecular complexity index is 981. The van der Waals surface area contributed by atoms with E-state index < -0.39 is 11.8 Å². The third-order valence-electron chi connectivity index (χ3n) is 3.86. The number of carbonyl (C=O) groups excluding carboxylic acids is 3. The van der Waals surface area contributed by atoms with Gasteiger partial charge in [-0.05, 0) is 35.9 Å². The maximum atomic E-state index is 12.6. The van der Waals surface area contributed by atoms with Crippen molar-refractivity contribution in [3.63, 3.8) is 0 Å². The molecule has 1 aliphatic heterocycles. The molecule has 0 spiro atoms. The van der Waals surface area contributed by atoms with Crippen molar-refractivity contribution in [2.75, 3.05) is 6.54 Å². The summed E-state index contributed by atoms with van der Waals surface area (Å²) in [5.74, 6) is -1.16. The second kappa shape index (κ2) is 9.64. The molecule has 0 atom stereocenters. The van der Waals surface area contributed by atoms with Crippen molar-refractivity contribution in [1.82, 2.24) is 20.7 Å². The molecular formula is C19H15ClN4O3S2. The van der Waals surface area contributed by atoms with Crippen molar-refractivity contribution < 1.29 is 14.4 Å². The molecule has 2 aromatic rings. The first kappa shape index (κ1) is 21.0. The van der Waals surface area contributed by atoms with E-state index >= 15 is 0 Å². The Morgan fingerprint density at radius 2 is 1.83 bits per heavy atom. The zero-order valence-electron chi connectivity index (χ0n) is 14.9. The number of hydrogen-bond donors (Lipinski definition) is 2. The van der Waals surface area contributed by atoms with Gasteiger partial charge in [-0.2, -0.15) is 0 Å². The van der Waals surface area contributed by atoms with E-state index in [1.165, 1.54) is 41.2 Å². The van der Waals surface area contributed by atoms with Crippen LogP contribution < -0.4 is 10.9 Å². The van der Waals surface area contributed by atoms with Gasteiger partial charge in [0.05, 0.1) is 4.91 Å². The van der Waals surface area contributed by atoms with Crippen molar-refractivity contribution in [3.8, 4) is 0 Å². The fourth-order valence-corrected chi connectivity index (χ4v) is 3.82. The first-order valence-corrected chi connectivity index (χ1v) is 10.0. The fourth-order valence-electron chi connectivity index (χ4n) is 2.38. The fraction of sp³-hybridized carbons (Fsp3) is 0.105. The molecule has 0 radical (unpaired) electrons. The molecule has 1 aromatic carbocycles. The van der Waals surface area contributed by atoms with Gasteiger partial charge >= 0.3 is 0 Å². The second-order valence-corrected chi connectivity index (χ2v) is 7.99. The average molecular weight is 447 g/mol. The summed E-state index contributed by atoms with van der Waals surface area (Å²) < 4.78 is 0.379. The van der Waals surface area contributed by atoms with Crippen LogP contribution in [-0.2, 0) is 9.59 Å². The number of rotatable bonds is 5. The summed E-state index contributed by atoms with van der Waals surface area (Å²) >= 11 is 12.3. The number of thioether (sulfide) groups is 1. The highest BCUT2D eigenvalue weighted by Gasteiger charge is 2.32. The topological polar surface area (TPSA) is 91.4 Å². The van der Waals surface area contributed by atoms with Gasteiger partial charge in [-0.25, -0.2) is 0 Å². The molecule has 0 saturated carbocycles. The normalized spacial score (nSPS) is 14.9. The minimum atomic E-state index is -0.461. The smallest absolute Gasteiger partial charge is 0.269 e. The molecule has 0 aliphatic carbocycles. The summed E-state index contributed by atoms with van der Waals surface area (Å²) in [4.78, 5) is 42.1. The highest BCUT2D eigenvalue weighted by molar-refractivity contribution is 8.26. The monoisotopic (exact) mass is 446 g/mol. The SMILES string of the molecule is O=C(CCN1C(=O)/C(=C/c2ccc(Cl)cc2)SC1=S)NNC(=O)c1ccncc1. The number of carbonyl (C=O) groups is 3. The summed E-state index contributed by atoms with van der Waals surface area (Å²) in [5, 5.41) is 0.608. The molecule has 2 N–H and O–H groups in total. The first-order chi connectivity index (χ1) is 13.9. The van der Waals surface area contributed by atoms with Gasteiger partial charge in [-0.1, -0.05) is 47.7 Å². The van der Waals surface area contributed by atoms with E-state index in [2.05, 4.69) is 15.8 Å². The van der Waals surface area contributed by atoms with E-state index in [1.54, 1.807) is 30.3 Å². The molecule has 1 saturated heterocycles. The summed E-state index contributed by atoms with van der Waals surface area (Å²) in [6.45, 7) is 0.111. The second-order valence-electron chi connectivity index (χ2n) is 5.87. The number of hydrazine groups is 1. The van der Waals surface area contributed by atoms with Gasteiger partial charge in [0.1, 0.15) is 4.32 Å². The van der Waals surface area contributed by atoms with Crippen LogP contribution in [0.2, 0.25) is 5.02 Å². The molecule has 0 unspecified atom stereocenters. The zero-order chi connectivity index (χ0) is 20.8. The molecule has 29 heavy (non-hydrogen) atoms. The van der Waals surface area contributed by atoms with E-state index in [9.17, 15) is 14.4 Å². The molecule has 1 fully saturated rings. The lowest BCUT2D eigenvalue weighted by molar-refractivity contribution is -0.124. The van der Waals surface area contributed by atoms with Gasteiger partial charge in [0.25, 0.3) is 11.8 Å². The number of halogens is 1. The number of thiocarbonyl (C=S) groups is 1. The Hall–Kier alpha value is -2.75. The Morgan fingerprint density at radius 1 is 1.14 bits per heavy atom. The van der Waals surface area contributed by atoms with Crippen LogP contribution in [0.1, 0.15) is 22.3 Å². The van der Waals surface area contributed by atoms with Crippen LogP contribution in [0.5, 0.6) is 0 Å². The average Bonchev–Trinajstić information content (AvgIpc) is 2.99. The van der Waals surface area contributed by atoms with E-state index in [-0.39, 0.29) is 18.9 Å². The third-order valence-corrected chi connectivity index (χ3v) is 5.49. The standard InChI is InChI=1S/C19H15ClN4O3S2/c20-14-3-1-12(2-4-14)11-15-18(27)24(19(28)29-15)10-7-16(25)22-23-17(26)13-5-8-21-9-6-13/h1-6,8-9,11H,7,10H2,(H,22,25)(H,23,26)/b15-11-. The highest BCUT2D eigenvalue weighted by Crippen LogP contribution is 2.32. The van der Waals surface area contributed by atoms with Crippen molar-refractivity contribution in [2.45, 2.75) is 6.42 Å². The molecule has 1 aromatic heterocycles. The van der Waals surface area contributed by atoms with Crippen LogP contribution in [0.25, 0.3) is 6.08 Å². The molecule has 3 amide bonds. The summed E-state index contributed by atoms with van der Waals surface area (Å²) in [5.41, 5.74) is 5.82. The van der Waals surface area contributed by atoms with Gasteiger partial charge in [0.2, 0.25) is 5.91 Å². The summed E-state index contributed by atoms with van der Waals surface area (Å²) in [7, 11) is 0. The highest BCUT2D eigenvalue weighted by atomic mass is 35.5. The van der Waals surface area contributed by atoms with Crippen LogP contribution in [-0.4, -0.2) is 38.5 Å². The third kappa shape index (κ3) is 5.63. The molecule has 10 heteroatoms. The van der Waals surface area contributed by atoms with Crippen molar-refractivity contribution in [2.24, 2.45) is 0 Å². The Labute approximate surface area is 181 Å². The van der Waals surface area contributed by atoms with Crippen LogP contribution in [0.4, 0.5) is 0 Å². The molecule has 1 aliphatic rings. The van der Waals surface area contributed by atoms with Gasteiger partial charge in [-0.3, -0.25) is 35.1 Å². The Morgan fingerprint density at radius 3 is 2.52 bits per heavy atom. The van der Waals surface area contributed by atoms with Crippen LogP contribution in [0.15, 0.2) is 53.7 Å². The van der Waals surface area contributed by atoms with E-state index in [0.29, 0.717) is 19.8 Å². The van der Waals surface area contributed by atoms with Gasteiger partial charge < -0.3 is 0 Å². The Kier molecular flexibility index (Phi) is 6.97. The predicted octanol–water partition coefficient (Wildman–Crippen LogP) is 2.79. The maximum Gasteiger partial charge on any atom is 0.269 e. The van der Waals surface area contributed by atoms with E-state index in [1.807, 2.05) is 0 Å². The van der Waals surface area contributed by atoms with Crippen LogP contribution in [0, 0.1) is 0 Å². The number of nitrogens with zero attached hydrogens (tertiary/aromatic N) is 2. The van der Waals surface area contributed by atoms with Crippen molar-refractivity contribution in [1.29, 1.82) is 0 Å². The number of aromatic nitrogens is 1. The van der Waals surface area contributed by atoms with Crippen LogP contribution in [0.3, 0.4) is 0 Å². The molecular weight excluding hydrogens is 432 g/mol. The number of hydrogen-bond acceptors (Lipinski definition) is 6. The largest absolute Gasteiger partial charge is 0.292 e. The summed E-state index contributed by atoms with van der Waals surface area (Å²) in [6, 6.07) is 10.1. The van der Waals surface area contributed by atoms with Crippen molar-refractivity contribution in [3.05, 3.63) is 69.8 Å². The minimum Gasteiger partial charge on any atom is -0.292 e. The van der Waals surface area contributed by atoms with Gasteiger partial charge in [0, 0.05) is 35.9 Å². The zero-order valence-corrected chi connectivity index (χ0v) is 17.3. The number of amides is 3. The lowest BCUT2D eigenvalue weighted by Gasteiger charge is -2.14. The van der Waals surface area contributed by atoms with E-state index in [4.69, 9.17) is 23.8 Å². The molecule has 7 nitrogen and oxygen atoms in total. The molecule has 3 rings (SSSR count). The lowest BCUT2D eigenvalue weighted by atomic mass is 10.2. The number of benzene rings is 1. The lowest BCUT2D eigenvalue weighted by Crippen LogP contribution is -2.43. The maximum absolute atomic E-state index is 12.6. The number of pyridine rings is 1. The van der Waals surface area contributed by atoms with Crippen LogP contribution >= 0.6 is 35.6 Å². The van der Waals surface area contributed by atoms with E-state index in [0.717, 1.165) is 5.56 Å². The van der Waals surface area contributed by atoms with Gasteiger partial charge in [0.15, 0.2) is 0 Å². The van der Waals surface area contributed by atoms with Crippen molar-refractivity contribution >= 4 is 63.7 Å². The quantitative estimate of drug-likeness (QED) is 0.417.